The number of hydrogen-bond donors (Lipinski definition) is 3. The summed E-state index contributed by atoms with van der Waals surface area (Å²) in [6.45, 7) is 0. The number of fused-ring (bicyclic) bond motifs is 1. The van der Waals surface area contributed by atoms with E-state index in [9.17, 15) is 9.59 Å². The second-order valence-corrected chi connectivity index (χ2v) is 5.83. The molecule has 1 aromatic heterocycles. The number of anilines is 1. The molecule has 3 atom stereocenters. The van der Waals surface area contributed by atoms with Crippen molar-refractivity contribution in [1.29, 1.82) is 0 Å². The summed E-state index contributed by atoms with van der Waals surface area (Å²) >= 11 is 0. The van der Waals surface area contributed by atoms with E-state index < -0.39 is 5.97 Å². The van der Waals surface area contributed by atoms with Crippen molar-refractivity contribution in [3.05, 3.63) is 24.0 Å². The fourth-order valence-electron chi connectivity index (χ4n) is 3.34. The number of nitrogens with one attached hydrogen (secondary N) is 2. The third-order valence-electron chi connectivity index (χ3n) is 4.43. The van der Waals surface area contributed by atoms with Crippen LogP contribution in [0.1, 0.15) is 42.6 Å². The lowest BCUT2D eigenvalue weighted by atomic mass is 9.85. The number of carbonyl (C=O) groups is 2. The number of carbonyl (C=O) groups excluding carboxylic acids is 1. The molecule has 0 radical (unpaired) electrons. The van der Waals surface area contributed by atoms with Crippen LogP contribution in [0.5, 0.6) is 0 Å². The van der Waals surface area contributed by atoms with Gasteiger partial charge in [-0.2, -0.15) is 0 Å². The van der Waals surface area contributed by atoms with Crippen molar-refractivity contribution in [2.45, 2.75) is 44.2 Å². The highest BCUT2D eigenvalue weighted by Gasteiger charge is 2.38. The number of rotatable bonds is 3. The van der Waals surface area contributed by atoms with Crippen molar-refractivity contribution >= 4 is 17.6 Å². The van der Waals surface area contributed by atoms with Crippen LogP contribution >= 0.6 is 0 Å². The molecule has 1 saturated heterocycles. The molecule has 3 unspecified atom stereocenters. The number of amides is 1. The molecule has 21 heavy (non-hydrogen) atoms. The lowest BCUT2D eigenvalue weighted by Gasteiger charge is -2.24. The molecule has 1 aliphatic carbocycles. The molecule has 1 aromatic rings. The molecule has 1 aliphatic heterocycles. The Bertz CT molecular complexity index is 530. The van der Waals surface area contributed by atoms with Crippen molar-refractivity contribution < 1.29 is 14.7 Å². The predicted molar refractivity (Wildman–Crippen MR) is 77.1 cm³/mol. The van der Waals surface area contributed by atoms with E-state index in [0.717, 1.165) is 12.8 Å². The second kappa shape index (κ2) is 5.81. The van der Waals surface area contributed by atoms with E-state index in [1.165, 1.54) is 31.5 Å². The van der Waals surface area contributed by atoms with E-state index in [1.807, 2.05) is 0 Å². The Labute approximate surface area is 123 Å². The average molecular weight is 289 g/mol. The number of hydrogen-bond acceptors (Lipinski definition) is 4. The molecule has 6 nitrogen and oxygen atoms in total. The molecule has 1 amide bonds. The van der Waals surface area contributed by atoms with Gasteiger partial charge in [0.1, 0.15) is 5.69 Å². The highest BCUT2D eigenvalue weighted by Crippen LogP contribution is 2.33. The van der Waals surface area contributed by atoms with Gasteiger partial charge in [0.25, 0.3) is 0 Å². The van der Waals surface area contributed by atoms with Gasteiger partial charge in [0, 0.05) is 6.04 Å². The molecule has 0 spiro atoms. The molecule has 0 aromatic carbocycles. The number of aromatic nitrogens is 1. The number of pyridine rings is 1. The SMILES string of the molecule is O=C(O)c1ccc(NC(=O)C2CC3CCCCC3N2)cn1. The van der Waals surface area contributed by atoms with Crippen LogP contribution in [-0.2, 0) is 4.79 Å². The Kier molecular flexibility index (Phi) is 3.88. The lowest BCUT2D eigenvalue weighted by Crippen LogP contribution is -2.39. The Morgan fingerprint density at radius 1 is 1.29 bits per heavy atom. The van der Waals surface area contributed by atoms with Crippen LogP contribution in [0.25, 0.3) is 0 Å². The summed E-state index contributed by atoms with van der Waals surface area (Å²) in [6.07, 6.45) is 7.13. The van der Waals surface area contributed by atoms with Gasteiger partial charge in [-0.3, -0.25) is 4.79 Å². The predicted octanol–water partition coefficient (Wildman–Crippen LogP) is 1.64. The molecule has 0 bridgehead atoms. The van der Waals surface area contributed by atoms with Gasteiger partial charge in [-0.25, -0.2) is 9.78 Å². The summed E-state index contributed by atoms with van der Waals surface area (Å²) in [5.74, 6) is -0.523. The largest absolute Gasteiger partial charge is 0.477 e. The summed E-state index contributed by atoms with van der Waals surface area (Å²) in [7, 11) is 0. The molecule has 2 fully saturated rings. The number of carboxylic acids is 1. The van der Waals surface area contributed by atoms with E-state index in [1.54, 1.807) is 6.07 Å². The van der Waals surface area contributed by atoms with E-state index >= 15 is 0 Å². The van der Waals surface area contributed by atoms with E-state index in [0.29, 0.717) is 17.6 Å². The van der Waals surface area contributed by atoms with Gasteiger partial charge in [0.15, 0.2) is 0 Å². The first kappa shape index (κ1) is 14.0. The fourth-order valence-corrected chi connectivity index (χ4v) is 3.34. The Morgan fingerprint density at radius 3 is 2.76 bits per heavy atom. The van der Waals surface area contributed by atoms with Gasteiger partial charge in [-0.05, 0) is 37.3 Å². The van der Waals surface area contributed by atoms with Gasteiger partial charge < -0.3 is 15.7 Å². The van der Waals surface area contributed by atoms with E-state index in [2.05, 4.69) is 15.6 Å². The molecular formula is C15H19N3O3. The van der Waals surface area contributed by atoms with Crippen LogP contribution in [0.15, 0.2) is 18.3 Å². The van der Waals surface area contributed by atoms with Crippen LogP contribution in [0, 0.1) is 5.92 Å². The van der Waals surface area contributed by atoms with Crippen LogP contribution in [-0.4, -0.2) is 34.1 Å². The summed E-state index contributed by atoms with van der Waals surface area (Å²) in [5.41, 5.74) is 0.500. The quantitative estimate of drug-likeness (QED) is 0.787. The van der Waals surface area contributed by atoms with Gasteiger partial charge in [0.2, 0.25) is 5.91 Å². The molecule has 3 rings (SSSR count). The van der Waals surface area contributed by atoms with Gasteiger partial charge >= 0.3 is 5.97 Å². The summed E-state index contributed by atoms with van der Waals surface area (Å²) < 4.78 is 0. The minimum Gasteiger partial charge on any atom is -0.477 e. The molecule has 3 N–H and O–H groups in total. The summed E-state index contributed by atoms with van der Waals surface area (Å²) in [4.78, 5) is 26.8. The summed E-state index contributed by atoms with van der Waals surface area (Å²) in [5, 5.41) is 15.0. The lowest BCUT2D eigenvalue weighted by molar-refractivity contribution is -0.117. The third kappa shape index (κ3) is 3.05. The smallest absolute Gasteiger partial charge is 0.354 e. The first-order chi connectivity index (χ1) is 10.1. The minimum absolute atomic E-state index is 0.0296. The molecule has 1 saturated carbocycles. The Hall–Kier alpha value is -1.95. The van der Waals surface area contributed by atoms with Crippen molar-refractivity contribution in [3.8, 4) is 0 Å². The monoisotopic (exact) mass is 289 g/mol. The molecule has 112 valence electrons. The molecule has 2 heterocycles. The zero-order valence-electron chi connectivity index (χ0n) is 11.7. The molecule has 2 aliphatic rings. The van der Waals surface area contributed by atoms with Crippen LogP contribution in [0.3, 0.4) is 0 Å². The van der Waals surface area contributed by atoms with Crippen LogP contribution in [0.4, 0.5) is 5.69 Å². The maximum atomic E-state index is 12.3. The van der Waals surface area contributed by atoms with Gasteiger partial charge in [0.05, 0.1) is 17.9 Å². The maximum Gasteiger partial charge on any atom is 0.354 e. The number of carboxylic acid groups (broad SMARTS) is 1. The Balaban J connectivity index is 1.60. The minimum atomic E-state index is -1.07. The second-order valence-electron chi connectivity index (χ2n) is 5.83. The standard InChI is InChI=1S/C15H19N3O3/c19-14(13-7-9-3-1-2-4-11(9)18-13)17-10-5-6-12(15(20)21)16-8-10/h5-6,8-9,11,13,18H,1-4,7H2,(H,17,19)(H,20,21). The van der Waals surface area contributed by atoms with E-state index in [-0.39, 0.29) is 17.6 Å². The molecule has 6 heteroatoms. The fraction of sp³-hybridized carbons (Fsp3) is 0.533. The van der Waals surface area contributed by atoms with Crippen molar-refractivity contribution in [3.63, 3.8) is 0 Å². The first-order valence-electron chi connectivity index (χ1n) is 7.40. The van der Waals surface area contributed by atoms with Crippen LogP contribution in [0.2, 0.25) is 0 Å². The van der Waals surface area contributed by atoms with E-state index in [4.69, 9.17) is 5.11 Å². The number of aromatic carboxylic acids is 1. The zero-order chi connectivity index (χ0) is 14.8. The van der Waals surface area contributed by atoms with Gasteiger partial charge in [-0.1, -0.05) is 12.8 Å². The maximum absolute atomic E-state index is 12.3. The highest BCUT2D eigenvalue weighted by atomic mass is 16.4. The van der Waals surface area contributed by atoms with Crippen molar-refractivity contribution in [2.24, 2.45) is 5.92 Å². The van der Waals surface area contributed by atoms with Crippen LogP contribution < -0.4 is 10.6 Å². The normalized spacial score (nSPS) is 27.9. The molecular weight excluding hydrogens is 270 g/mol. The first-order valence-corrected chi connectivity index (χ1v) is 7.40. The zero-order valence-corrected chi connectivity index (χ0v) is 11.7. The third-order valence-corrected chi connectivity index (χ3v) is 4.43. The van der Waals surface area contributed by atoms with Crippen molar-refractivity contribution in [1.82, 2.24) is 10.3 Å². The number of nitrogens with zero attached hydrogens (tertiary/aromatic N) is 1. The topological polar surface area (TPSA) is 91.3 Å². The highest BCUT2D eigenvalue weighted by molar-refractivity contribution is 5.95. The average Bonchev–Trinajstić information content (AvgIpc) is 2.92. The van der Waals surface area contributed by atoms with Crippen molar-refractivity contribution in [2.75, 3.05) is 5.32 Å². The van der Waals surface area contributed by atoms with Gasteiger partial charge in [-0.15, -0.1) is 0 Å². The summed E-state index contributed by atoms with van der Waals surface area (Å²) in [6, 6.07) is 3.27. The Morgan fingerprint density at radius 2 is 2.10 bits per heavy atom.